The van der Waals surface area contributed by atoms with Gasteiger partial charge in [0, 0.05) is 5.69 Å². The lowest BCUT2D eigenvalue weighted by atomic mass is 10.3. The first-order chi connectivity index (χ1) is 9.56. The van der Waals surface area contributed by atoms with Crippen LogP contribution in [-0.2, 0) is 4.79 Å². The van der Waals surface area contributed by atoms with Crippen molar-refractivity contribution in [3.05, 3.63) is 59.1 Å². The van der Waals surface area contributed by atoms with Gasteiger partial charge in [0.15, 0.2) is 0 Å². The average Bonchev–Trinajstić information content (AvgIpc) is 2.41. The molecule has 2 aromatic carbocycles. The summed E-state index contributed by atoms with van der Waals surface area (Å²) in [5.41, 5.74) is 0.529. The quantitative estimate of drug-likeness (QED) is 0.904. The van der Waals surface area contributed by atoms with Crippen LogP contribution in [-0.4, -0.2) is 12.5 Å². The van der Waals surface area contributed by atoms with Gasteiger partial charge in [0.25, 0.3) is 0 Å². The molecule has 0 unspecified atom stereocenters. The molecular weight excluding hydrogens is 286 g/mol. The Labute approximate surface area is 119 Å². The van der Waals surface area contributed by atoms with Crippen molar-refractivity contribution in [2.75, 3.05) is 17.2 Å². The highest BCUT2D eigenvalue weighted by atomic mass is 35.5. The molecule has 0 saturated heterocycles. The Hall–Kier alpha value is -2.14. The number of para-hydroxylation sites is 1. The van der Waals surface area contributed by atoms with Crippen LogP contribution in [0.3, 0.4) is 0 Å². The van der Waals surface area contributed by atoms with E-state index in [2.05, 4.69) is 10.6 Å². The summed E-state index contributed by atoms with van der Waals surface area (Å²) in [5, 5.41) is 5.36. The van der Waals surface area contributed by atoms with Crippen molar-refractivity contribution < 1.29 is 13.6 Å². The lowest BCUT2D eigenvalue weighted by molar-refractivity contribution is -0.114. The molecule has 0 aliphatic heterocycles. The first-order valence-corrected chi connectivity index (χ1v) is 6.17. The van der Waals surface area contributed by atoms with E-state index < -0.39 is 11.7 Å². The standard InChI is InChI=1S/C14H11ClF2N2O/c15-11-2-1-3-12(17)14(11)18-8-13(20)19-10-6-4-9(16)5-7-10/h1-7,18H,8H2,(H,19,20). The second-order valence-electron chi connectivity index (χ2n) is 4.01. The van der Waals surface area contributed by atoms with E-state index in [9.17, 15) is 13.6 Å². The Bertz CT molecular complexity index is 597. The van der Waals surface area contributed by atoms with E-state index in [1.165, 1.54) is 42.5 Å². The predicted octanol–water partition coefficient (Wildman–Crippen LogP) is 3.67. The summed E-state index contributed by atoms with van der Waals surface area (Å²) in [6.07, 6.45) is 0. The number of amides is 1. The van der Waals surface area contributed by atoms with Crippen molar-refractivity contribution in [3.63, 3.8) is 0 Å². The van der Waals surface area contributed by atoms with E-state index in [1.54, 1.807) is 0 Å². The van der Waals surface area contributed by atoms with Gasteiger partial charge in [0.1, 0.15) is 11.6 Å². The Balaban J connectivity index is 1.94. The van der Waals surface area contributed by atoms with E-state index in [0.717, 1.165) is 0 Å². The first-order valence-electron chi connectivity index (χ1n) is 5.79. The van der Waals surface area contributed by atoms with Gasteiger partial charge in [0.05, 0.1) is 17.3 Å². The van der Waals surface area contributed by atoms with Gasteiger partial charge < -0.3 is 10.6 Å². The molecule has 0 spiro atoms. The third-order valence-electron chi connectivity index (χ3n) is 2.52. The highest BCUT2D eigenvalue weighted by Crippen LogP contribution is 2.24. The van der Waals surface area contributed by atoms with E-state index in [-0.39, 0.29) is 23.1 Å². The Morgan fingerprint density at radius 1 is 1.10 bits per heavy atom. The molecular formula is C14H11ClF2N2O. The lowest BCUT2D eigenvalue weighted by Crippen LogP contribution is -2.22. The minimum absolute atomic E-state index is 0.0726. The number of hydrogen-bond donors (Lipinski definition) is 2. The van der Waals surface area contributed by atoms with Gasteiger partial charge in [-0.05, 0) is 36.4 Å². The first kappa shape index (κ1) is 14.3. The monoisotopic (exact) mass is 296 g/mol. The molecule has 0 heterocycles. The summed E-state index contributed by atoms with van der Waals surface area (Å²) < 4.78 is 26.2. The second-order valence-corrected chi connectivity index (χ2v) is 4.41. The molecule has 6 heteroatoms. The summed E-state index contributed by atoms with van der Waals surface area (Å²) in [4.78, 5) is 11.7. The molecule has 0 aliphatic carbocycles. The van der Waals surface area contributed by atoms with Gasteiger partial charge >= 0.3 is 0 Å². The zero-order chi connectivity index (χ0) is 14.5. The van der Waals surface area contributed by atoms with Crippen LogP contribution < -0.4 is 10.6 Å². The van der Waals surface area contributed by atoms with Crippen molar-refractivity contribution in [3.8, 4) is 0 Å². The van der Waals surface area contributed by atoms with Gasteiger partial charge in [-0.1, -0.05) is 17.7 Å². The Kier molecular flexibility index (Phi) is 4.53. The smallest absolute Gasteiger partial charge is 0.243 e. The van der Waals surface area contributed by atoms with Crippen molar-refractivity contribution in [1.82, 2.24) is 0 Å². The van der Waals surface area contributed by atoms with Crippen LogP contribution in [0.5, 0.6) is 0 Å². The molecule has 0 radical (unpaired) electrons. The SMILES string of the molecule is O=C(CNc1c(F)cccc1Cl)Nc1ccc(F)cc1. The normalized spacial score (nSPS) is 10.2. The van der Waals surface area contributed by atoms with Crippen molar-refractivity contribution in [1.29, 1.82) is 0 Å². The number of benzene rings is 2. The van der Waals surface area contributed by atoms with Crippen LogP contribution in [0.25, 0.3) is 0 Å². The molecule has 0 atom stereocenters. The molecule has 2 aromatic rings. The largest absolute Gasteiger partial charge is 0.373 e. The minimum Gasteiger partial charge on any atom is -0.373 e. The molecule has 104 valence electrons. The molecule has 20 heavy (non-hydrogen) atoms. The van der Waals surface area contributed by atoms with E-state index >= 15 is 0 Å². The van der Waals surface area contributed by atoms with Crippen LogP contribution >= 0.6 is 11.6 Å². The van der Waals surface area contributed by atoms with Crippen molar-refractivity contribution in [2.24, 2.45) is 0 Å². The lowest BCUT2D eigenvalue weighted by Gasteiger charge is -2.10. The molecule has 2 N–H and O–H groups in total. The molecule has 3 nitrogen and oxygen atoms in total. The van der Waals surface area contributed by atoms with Crippen LogP contribution in [0, 0.1) is 11.6 Å². The molecule has 0 saturated carbocycles. The van der Waals surface area contributed by atoms with Crippen molar-refractivity contribution >= 4 is 28.9 Å². The number of hydrogen-bond acceptors (Lipinski definition) is 2. The average molecular weight is 297 g/mol. The molecule has 1 amide bonds. The number of nitrogens with one attached hydrogen (secondary N) is 2. The fourth-order valence-electron chi connectivity index (χ4n) is 1.57. The topological polar surface area (TPSA) is 41.1 Å². The summed E-state index contributed by atoms with van der Waals surface area (Å²) in [7, 11) is 0. The Morgan fingerprint density at radius 2 is 1.80 bits per heavy atom. The van der Waals surface area contributed by atoms with E-state index in [1.807, 2.05) is 0 Å². The maximum atomic E-state index is 13.5. The van der Waals surface area contributed by atoms with Gasteiger partial charge in [0.2, 0.25) is 5.91 Å². The fourth-order valence-corrected chi connectivity index (χ4v) is 1.80. The number of rotatable bonds is 4. The fraction of sp³-hybridized carbons (Fsp3) is 0.0714. The van der Waals surface area contributed by atoms with Crippen LogP contribution in [0.15, 0.2) is 42.5 Å². The molecule has 0 fully saturated rings. The zero-order valence-electron chi connectivity index (χ0n) is 10.3. The van der Waals surface area contributed by atoms with Gasteiger partial charge in [-0.25, -0.2) is 8.78 Å². The summed E-state index contributed by atoms with van der Waals surface area (Å²) in [6, 6.07) is 9.57. The summed E-state index contributed by atoms with van der Waals surface area (Å²) >= 11 is 5.81. The minimum atomic E-state index is -0.535. The number of halogens is 3. The molecule has 0 bridgehead atoms. The third kappa shape index (κ3) is 3.68. The number of anilines is 2. The summed E-state index contributed by atoms with van der Waals surface area (Å²) in [5.74, 6) is -1.32. The Morgan fingerprint density at radius 3 is 2.45 bits per heavy atom. The maximum Gasteiger partial charge on any atom is 0.243 e. The van der Waals surface area contributed by atoms with Crippen LogP contribution in [0.4, 0.5) is 20.2 Å². The number of carbonyl (C=O) groups excluding carboxylic acids is 1. The summed E-state index contributed by atoms with van der Waals surface area (Å²) in [6.45, 7) is -0.155. The maximum absolute atomic E-state index is 13.5. The molecule has 0 aromatic heterocycles. The van der Waals surface area contributed by atoms with E-state index in [4.69, 9.17) is 11.6 Å². The van der Waals surface area contributed by atoms with Crippen LogP contribution in [0.1, 0.15) is 0 Å². The molecule has 0 aliphatic rings. The van der Waals surface area contributed by atoms with Crippen LogP contribution in [0.2, 0.25) is 5.02 Å². The molecule has 2 rings (SSSR count). The predicted molar refractivity (Wildman–Crippen MR) is 74.9 cm³/mol. The van der Waals surface area contributed by atoms with Gasteiger partial charge in [-0.3, -0.25) is 4.79 Å². The second kappa shape index (κ2) is 6.34. The van der Waals surface area contributed by atoms with Gasteiger partial charge in [-0.15, -0.1) is 0 Å². The van der Waals surface area contributed by atoms with Gasteiger partial charge in [-0.2, -0.15) is 0 Å². The highest BCUT2D eigenvalue weighted by molar-refractivity contribution is 6.33. The highest BCUT2D eigenvalue weighted by Gasteiger charge is 2.08. The van der Waals surface area contributed by atoms with Crippen molar-refractivity contribution in [2.45, 2.75) is 0 Å². The van der Waals surface area contributed by atoms with E-state index in [0.29, 0.717) is 5.69 Å². The third-order valence-corrected chi connectivity index (χ3v) is 2.83. The zero-order valence-corrected chi connectivity index (χ0v) is 11.0. The number of carbonyl (C=O) groups is 1.